The van der Waals surface area contributed by atoms with Crippen molar-refractivity contribution in [1.29, 1.82) is 0 Å². The molecule has 0 aliphatic carbocycles. The molecule has 5 rings (SSSR count). The van der Waals surface area contributed by atoms with Crippen LogP contribution in [-0.4, -0.2) is 76.1 Å². The number of aromatic nitrogens is 3. The fourth-order valence-corrected chi connectivity index (χ4v) is 5.23. The minimum Gasteiger partial charge on any atom is -0.490 e. The Morgan fingerprint density at radius 3 is 2.69 bits per heavy atom. The van der Waals surface area contributed by atoms with Crippen LogP contribution >= 0.6 is 0 Å². The van der Waals surface area contributed by atoms with Gasteiger partial charge in [-0.1, -0.05) is 0 Å². The lowest BCUT2D eigenvalue weighted by Crippen LogP contribution is -2.55. The van der Waals surface area contributed by atoms with Crippen LogP contribution in [0.4, 0.5) is 26.8 Å². The van der Waals surface area contributed by atoms with Crippen molar-refractivity contribution in [3.63, 3.8) is 0 Å². The van der Waals surface area contributed by atoms with E-state index in [4.69, 9.17) is 9.47 Å². The van der Waals surface area contributed by atoms with Gasteiger partial charge < -0.3 is 24.6 Å². The highest BCUT2D eigenvalue weighted by Gasteiger charge is 2.34. The van der Waals surface area contributed by atoms with Crippen molar-refractivity contribution in [1.82, 2.24) is 19.5 Å². The van der Waals surface area contributed by atoms with Gasteiger partial charge in [0.15, 0.2) is 5.75 Å². The number of ether oxygens (including phenoxy) is 2. The van der Waals surface area contributed by atoms with Gasteiger partial charge in [-0.25, -0.2) is 19.1 Å². The third-order valence-corrected chi connectivity index (χ3v) is 6.92. The summed E-state index contributed by atoms with van der Waals surface area (Å²) in [7, 11) is 0. The molecule has 1 fully saturated rings. The lowest BCUT2D eigenvalue weighted by molar-refractivity contribution is 0.0159. The summed E-state index contributed by atoms with van der Waals surface area (Å²) in [5, 5.41) is 7.47. The third kappa shape index (κ3) is 5.43. The zero-order chi connectivity index (χ0) is 27.9. The van der Waals surface area contributed by atoms with Crippen molar-refractivity contribution in [3.05, 3.63) is 41.9 Å². The standard InChI is InChI=1S/C28H37N7O4/c1-7-38-24-17-35-20(14-18(2)31-35)15-22(24)30-26(36)34-11-9-21-23(8-10-29-25(21)34)32-12-13-33(19(3)16-32)27(37)39-28(4,5)6/h8,10,14-15,17,19H,7,9,11-13,16H2,1-6H3,(H,30,36)/t19-/m0/s1. The Bertz CT molecular complexity index is 1400. The summed E-state index contributed by atoms with van der Waals surface area (Å²) < 4.78 is 13.1. The smallest absolute Gasteiger partial charge is 0.410 e. The Morgan fingerprint density at radius 2 is 1.97 bits per heavy atom. The first kappa shape index (κ1) is 26.6. The second-order valence-corrected chi connectivity index (χ2v) is 11.1. The molecule has 0 aromatic carbocycles. The van der Waals surface area contributed by atoms with Crippen molar-refractivity contribution >= 4 is 34.8 Å². The van der Waals surface area contributed by atoms with Crippen LogP contribution in [0.15, 0.2) is 30.6 Å². The van der Waals surface area contributed by atoms with Crippen molar-refractivity contribution < 1.29 is 19.1 Å². The molecule has 1 saturated heterocycles. The molecule has 2 aliphatic rings. The molecule has 0 bridgehead atoms. The topological polar surface area (TPSA) is 105 Å². The monoisotopic (exact) mass is 535 g/mol. The van der Waals surface area contributed by atoms with E-state index in [1.165, 1.54) is 0 Å². The number of amides is 3. The molecule has 1 atom stereocenters. The van der Waals surface area contributed by atoms with Crippen LogP contribution in [0.1, 0.15) is 45.9 Å². The van der Waals surface area contributed by atoms with E-state index < -0.39 is 5.60 Å². The molecule has 208 valence electrons. The van der Waals surface area contributed by atoms with E-state index >= 15 is 0 Å². The van der Waals surface area contributed by atoms with E-state index in [-0.39, 0.29) is 18.2 Å². The van der Waals surface area contributed by atoms with E-state index in [0.717, 1.165) is 22.5 Å². The van der Waals surface area contributed by atoms with Crippen LogP contribution in [0.3, 0.4) is 0 Å². The van der Waals surface area contributed by atoms with Gasteiger partial charge in [0.2, 0.25) is 0 Å². The van der Waals surface area contributed by atoms with Gasteiger partial charge in [0.1, 0.15) is 11.4 Å². The maximum atomic E-state index is 13.5. The Labute approximate surface area is 228 Å². The second kappa shape index (κ2) is 10.3. The number of aryl methyl sites for hydroxylation is 1. The van der Waals surface area contributed by atoms with Crippen LogP contribution < -0.4 is 19.9 Å². The number of nitrogens with one attached hydrogen (secondary N) is 1. The molecule has 3 aromatic heterocycles. The summed E-state index contributed by atoms with van der Waals surface area (Å²) in [6.07, 6.45) is 3.95. The number of carbonyl (C=O) groups is 2. The average Bonchev–Trinajstić information content (AvgIpc) is 3.45. The van der Waals surface area contributed by atoms with Crippen molar-refractivity contribution in [3.8, 4) is 5.75 Å². The Kier molecular flexibility index (Phi) is 7.00. The van der Waals surface area contributed by atoms with Gasteiger partial charge >= 0.3 is 12.1 Å². The lowest BCUT2D eigenvalue weighted by atomic mass is 10.1. The Balaban J connectivity index is 1.33. The van der Waals surface area contributed by atoms with Crippen LogP contribution in [0.5, 0.6) is 5.75 Å². The molecule has 11 nitrogen and oxygen atoms in total. The first-order valence-corrected chi connectivity index (χ1v) is 13.5. The van der Waals surface area contributed by atoms with Gasteiger partial charge in [-0.2, -0.15) is 5.10 Å². The summed E-state index contributed by atoms with van der Waals surface area (Å²) in [5.74, 6) is 1.21. The predicted molar refractivity (Wildman–Crippen MR) is 150 cm³/mol. The van der Waals surface area contributed by atoms with Crippen LogP contribution in [0.2, 0.25) is 0 Å². The van der Waals surface area contributed by atoms with Crippen LogP contribution in [0.25, 0.3) is 5.52 Å². The van der Waals surface area contributed by atoms with Crippen molar-refractivity contribution in [2.75, 3.05) is 47.9 Å². The van der Waals surface area contributed by atoms with E-state index in [2.05, 4.69) is 20.3 Å². The van der Waals surface area contributed by atoms with E-state index in [1.54, 1.807) is 26.7 Å². The zero-order valence-corrected chi connectivity index (χ0v) is 23.5. The first-order chi connectivity index (χ1) is 18.5. The molecule has 3 aromatic rings. The number of fused-ring (bicyclic) bond motifs is 2. The van der Waals surface area contributed by atoms with Gasteiger partial charge in [0.05, 0.1) is 29.7 Å². The number of hydrogen-bond donors (Lipinski definition) is 1. The molecular weight excluding hydrogens is 498 g/mol. The average molecular weight is 536 g/mol. The first-order valence-electron chi connectivity index (χ1n) is 13.5. The van der Waals surface area contributed by atoms with Gasteiger partial charge in [-0.15, -0.1) is 0 Å². The fourth-order valence-electron chi connectivity index (χ4n) is 5.23. The van der Waals surface area contributed by atoms with Crippen molar-refractivity contribution in [2.24, 2.45) is 0 Å². The second-order valence-electron chi connectivity index (χ2n) is 11.1. The predicted octanol–water partition coefficient (Wildman–Crippen LogP) is 4.48. The van der Waals surface area contributed by atoms with Gasteiger partial charge in [0.25, 0.3) is 0 Å². The summed E-state index contributed by atoms with van der Waals surface area (Å²) in [4.78, 5) is 36.5. The molecular formula is C28H37N7O4. The summed E-state index contributed by atoms with van der Waals surface area (Å²) in [5.41, 5.74) is 3.90. The zero-order valence-electron chi connectivity index (χ0n) is 23.5. The van der Waals surface area contributed by atoms with E-state index in [9.17, 15) is 9.59 Å². The number of pyridine rings is 2. The highest BCUT2D eigenvalue weighted by atomic mass is 16.6. The van der Waals surface area contributed by atoms with E-state index in [1.807, 2.05) is 59.7 Å². The maximum Gasteiger partial charge on any atom is 0.410 e. The maximum absolute atomic E-state index is 13.5. The number of rotatable bonds is 4. The van der Waals surface area contributed by atoms with Crippen molar-refractivity contribution in [2.45, 2.75) is 59.6 Å². The summed E-state index contributed by atoms with van der Waals surface area (Å²) in [6.45, 7) is 14.4. The summed E-state index contributed by atoms with van der Waals surface area (Å²) >= 11 is 0. The van der Waals surface area contributed by atoms with Gasteiger partial charge in [-0.05, 0) is 66.2 Å². The number of hydrogen-bond acceptors (Lipinski definition) is 7. The number of carbonyl (C=O) groups excluding carboxylic acids is 2. The summed E-state index contributed by atoms with van der Waals surface area (Å²) in [6, 6.07) is 5.54. The minimum absolute atomic E-state index is 0.0164. The normalized spacial score (nSPS) is 17.4. The quantitative estimate of drug-likeness (QED) is 0.525. The molecule has 2 aliphatic heterocycles. The molecule has 3 amide bonds. The molecule has 0 saturated carbocycles. The van der Waals surface area contributed by atoms with Gasteiger partial charge in [-0.3, -0.25) is 4.90 Å². The Hall–Kier alpha value is -4.02. The number of nitrogens with zero attached hydrogens (tertiary/aromatic N) is 6. The molecule has 0 unspecified atom stereocenters. The van der Waals surface area contributed by atoms with Gasteiger partial charge in [0, 0.05) is 49.7 Å². The lowest BCUT2D eigenvalue weighted by Gasteiger charge is -2.41. The molecule has 11 heteroatoms. The Morgan fingerprint density at radius 1 is 1.18 bits per heavy atom. The number of anilines is 3. The SMILES string of the molecule is CCOc1cn2nc(C)cc2cc1NC(=O)N1CCc2c(N3CCN(C(=O)OC(C)(C)C)[C@@H](C)C3)ccnc21. The minimum atomic E-state index is -0.531. The number of urea groups is 1. The highest BCUT2D eigenvalue weighted by Crippen LogP contribution is 2.36. The molecule has 1 N–H and O–H groups in total. The highest BCUT2D eigenvalue weighted by molar-refractivity contribution is 6.04. The fraction of sp³-hybridized carbons (Fsp3) is 0.500. The largest absolute Gasteiger partial charge is 0.490 e. The molecule has 5 heterocycles. The number of piperazine rings is 1. The molecule has 0 radical (unpaired) electrons. The molecule has 39 heavy (non-hydrogen) atoms. The van der Waals surface area contributed by atoms with E-state index in [0.29, 0.717) is 56.5 Å². The molecule has 0 spiro atoms. The van der Waals surface area contributed by atoms with Crippen LogP contribution in [0, 0.1) is 6.92 Å². The van der Waals surface area contributed by atoms with Crippen LogP contribution in [-0.2, 0) is 11.2 Å². The third-order valence-electron chi connectivity index (χ3n) is 6.92.